The van der Waals surface area contributed by atoms with E-state index in [0.29, 0.717) is 19.4 Å². The van der Waals surface area contributed by atoms with Gasteiger partial charge in [-0.3, -0.25) is 14.5 Å². The van der Waals surface area contributed by atoms with Crippen molar-refractivity contribution in [3.63, 3.8) is 0 Å². The van der Waals surface area contributed by atoms with Crippen LogP contribution in [0.4, 0.5) is 4.79 Å². The molecule has 152 valence electrons. The van der Waals surface area contributed by atoms with Gasteiger partial charge < -0.3 is 19.9 Å². The molecule has 0 saturated carbocycles. The number of likely N-dealkylation sites (tertiary alicyclic amines) is 1. The summed E-state index contributed by atoms with van der Waals surface area (Å²) in [5, 5.41) is 11.6. The SMILES string of the molecule is CCOC(=O)C[C@@H](NC(=O)[C@H]1CCCN1C(=O)OCc1ccccc1)C(=O)O. The van der Waals surface area contributed by atoms with Gasteiger partial charge in [-0.1, -0.05) is 30.3 Å². The van der Waals surface area contributed by atoms with E-state index in [1.165, 1.54) is 4.90 Å². The minimum Gasteiger partial charge on any atom is -0.480 e. The molecule has 1 aliphatic heterocycles. The average Bonchev–Trinajstić information content (AvgIpc) is 3.16. The first-order chi connectivity index (χ1) is 13.4. The van der Waals surface area contributed by atoms with Crippen LogP contribution in [0.5, 0.6) is 0 Å². The fraction of sp³-hybridized carbons (Fsp3) is 0.474. The Labute approximate surface area is 162 Å². The van der Waals surface area contributed by atoms with Gasteiger partial charge >= 0.3 is 18.0 Å². The molecule has 0 bridgehead atoms. The van der Waals surface area contributed by atoms with Gasteiger partial charge in [0.25, 0.3) is 0 Å². The molecule has 1 fully saturated rings. The molecule has 2 rings (SSSR count). The number of esters is 1. The lowest BCUT2D eigenvalue weighted by molar-refractivity contribution is -0.150. The third kappa shape index (κ3) is 5.97. The molecular weight excluding hydrogens is 368 g/mol. The summed E-state index contributed by atoms with van der Waals surface area (Å²) in [7, 11) is 0. The Morgan fingerprint density at radius 2 is 1.93 bits per heavy atom. The Morgan fingerprint density at radius 3 is 2.57 bits per heavy atom. The molecule has 1 saturated heterocycles. The molecule has 28 heavy (non-hydrogen) atoms. The number of hydrogen-bond acceptors (Lipinski definition) is 6. The van der Waals surface area contributed by atoms with Crippen molar-refractivity contribution in [2.45, 2.75) is 44.9 Å². The van der Waals surface area contributed by atoms with Crippen LogP contribution < -0.4 is 5.32 Å². The van der Waals surface area contributed by atoms with E-state index in [1.807, 2.05) is 30.3 Å². The Kier molecular flexibility index (Phi) is 7.79. The standard InChI is InChI=1S/C19H24N2O7/c1-2-27-16(22)11-14(18(24)25)20-17(23)15-9-6-10-21(15)19(26)28-12-13-7-4-3-5-8-13/h3-5,7-8,14-15H,2,6,9-12H2,1H3,(H,20,23)(H,24,25)/t14-,15-/m1/s1. The number of benzene rings is 1. The summed E-state index contributed by atoms with van der Waals surface area (Å²) < 4.78 is 9.98. The number of nitrogens with zero attached hydrogens (tertiary/aromatic N) is 1. The van der Waals surface area contributed by atoms with Crippen LogP contribution in [-0.4, -0.2) is 59.2 Å². The molecule has 0 radical (unpaired) electrons. The second-order valence-electron chi connectivity index (χ2n) is 6.30. The number of nitrogens with one attached hydrogen (secondary N) is 1. The van der Waals surface area contributed by atoms with E-state index >= 15 is 0 Å². The number of amides is 2. The second kappa shape index (κ2) is 10.3. The molecular formula is C19H24N2O7. The summed E-state index contributed by atoms with van der Waals surface area (Å²) in [6.07, 6.45) is -0.148. The fourth-order valence-electron chi connectivity index (χ4n) is 2.91. The summed E-state index contributed by atoms with van der Waals surface area (Å²) in [4.78, 5) is 49.0. The topological polar surface area (TPSA) is 122 Å². The summed E-state index contributed by atoms with van der Waals surface area (Å²) in [5.41, 5.74) is 0.816. The highest BCUT2D eigenvalue weighted by Gasteiger charge is 2.37. The first kappa shape index (κ1) is 21.2. The largest absolute Gasteiger partial charge is 0.480 e. The molecule has 1 heterocycles. The van der Waals surface area contributed by atoms with Gasteiger partial charge in [-0.25, -0.2) is 9.59 Å². The van der Waals surface area contributed by atoms with Crippen molar-refractivity contribution in [1.29, 1.82) is 0 Å². The Morgan fingerprint density at radius 1 is 1.21 bits per heavy atom. The molecule has 1 aromatic carbocycles. The van der Waals surface area contributed by atoms with Crippen LogP contribution in [0.25, 0.3) is 0 Å². The van der Waals surface area contributed by atoms with Crippen LogP contribution in [0, 0.1) is 0 Å². The first-order valence-corrected chi connectivity index (χ1v) is 9.08. The van der Waals surface area contributed by atoms with Crippen LogP contribution in [0.1, 0.15) is 31.7 Å². The van der Waals surface area contributed by atoms with Crippen LogP contribution >= 0.6 is 0 Å². The van der Waals surface area contributed by atoms with Gasteiger partial charge in [0.05, 0.1) is 13.0 Å². The van der Waals surface area contributed by atoms with Crippen molar-refractivity contribution in [2.24, 2.45) is 0 Å². The maximum Gasteiger partial charge on any atom is 0.410 e. The molecule has 2 atom stereocenters. The number of hydrogen-bond donors (Lipinski definition) is 2. The molecule has 0 aliphatic carbocycles. The van der Waals surface area contributed by atoms with Crippen LogP contribution in [0.3, 0.4) is 0 Å². The maximum atomic E-state index is 12.5. The zero-order chi connectivity index (χ0) is 20.5. The van der Waals surface area contributed by atoms with Gasteiger partial charge in [-0.15, -0.1) is 0 Å². The number of ether oxygens (including phenoxy) is 2. The van der Waals surface area contributed by atoms with E-state index in [1.54, 1.807) is 6.92 Å². The van der Waals surface area contributed by atoms with E-state index < -0.39 is 42.4 Å². The third-order valence-corrected chi connectivity index (χ3v) is 4.29. The number of rotatable bonds is 8. The smallest absolute Gasteiger partial charge is 0.410 e. The van der Waals surface area contributed by atoms with Gasteiger partial charge in [0.15, 0.2) is 0 Å². The number of carbonyl (C=O) groups is 4. The molecule has 9 nitrogen and oxygen atoms in total. The Bertz CT molecular complexity index is 707. The van der Waals surface area contributed by atoms with Gasteiger partial charge in [-0.05, 0) is 25.3 Å². The highest BCUT2D eigenvalue weighted by Crippen LogP contribution is 2.19. The highest BCUT2D eigenvalue weighted by molar-refractivity contribution is 5.91. The summed E-state index contributed by atoms with van der Waals surface area (Å²) in [6, 6.07) is 6.86. The van der Waals surface area contributed by atoms with Crippen molar-refractivity contribution in [3.8, 4) is 0 Å². The zero-order valence-corrected chi connectivity index (χ0v) is 15.6. The van der Waals surface area contributed by atoms with Crippen LogP contribution in [0.15, 0.2) is 30.3 Å². The minimum absolute atomic E-state index is 0.0745. The molecule has 2 N–H and O–H groups in total. The number of carboxylic acid groups (broad SMARTS) is 1. The van der Waals surface area contributed by atoms with Crippen LogP contribution in [-0.2, 0) is 30.5 Å². The minimum atomic E-state index is -1.42. The van der Waals surface area contributed by atoms with Gasteiger partial charge in [0, 0.05) is 6.54 Å². The number of aliphatic carboxylic acids is 1. The lowest BCUT2D eigenvalue weighted by atomic mass is 10.1. The third-order valence-electron chi connectivity index (χ3n) is 4.29. The van der Waals surface area contributed by atoms with E-state index in [2.05, 4.69) is 5.32 Å². The maximum absolute atomic E-state index is 12.5. The summed E-state index contributed by atoms with van der Waals surface area (Å²) in [6.45, 7) is 2.12. The Balaban J connectivity index is 1.94. The molecule has 1 aliphatic rings. The fourth-order valence-corrected chi connectivity index (χ4v) is 2.91. The molecule has 0 unspecified atom stereocenters. The summed E-state index contributed by atoms with van der Waals surface area (Å²) in [5.74, 6) is -2.70. The molecule has 1 aromatic rings. The lowest BCUT2D eigenvalue weighted by Crippen LogP contribution is -2.51. The van der Waals surface area contributed by atoms with Gasteiger partial charge in [-0.2, -0.15) is 0 Å². The Hall–Kier alpha value is -3.10. The highest BCUT2D eigenvalue weighted by atomic mass is 16.6. The normalized spacial score (nSPS) is 16.9. The zero-order valence-electron chi connectivity index (χ0n) is 15.6. The summed E-state index contributed by atoms with van der Waals surface area (Å²) >= 11 is 0. The average molecular weight is 392 g/mol. The predicted molar refractivity (Wildman–Crippen MR) is 97.2 cm³/mol. The second-order valence-corrected chi connectivity index (χ2v) is 6.30. The first-order valence-electron chi connectivity index (χ1n) is 9.08. The van der Waals surface area contributed by atoms with E-state index in [0.717, 1.165) is 5.56 Å². The monoisotopic (exact) mass is 392 g/mol. The molecule has 0 spiro atoms. The van der Waals surface area contributed by atoms with E-state index in [4.69, 9.17) is 9.47 Å². The number of carbonyl (C=O) groups excluding carboxylic acids is 3. The van der Waals surface area contributed by atoms with E-state index in [-0.39, 0.29) is 13.2 Å². The molecule has 9 heteroatoms. The van der Waals surface area contributed by atoms with E-state index in [9.17, 15) is 24.3 Å². The van der Waals surface area contributed by atoms with Crippen molar-refractivity contribution in [3.05, 3.63) is 35.9 Å². The number of carboxylic acids is 1. The lowest BCUT2D eigenvalue weighted by Gasteiger charge is -2.24. The molecule has 2 amide bonds. The van der Waals surface area contributed by atoms with Crippen molar-refractivity contribution in [1.82, 2.24) is 10.2 Å². The van der Waals surface area contributed by atoms with Crippen LogP contribution in [0.2, 0.25) is 0 Å². The quantitative estimate of drug-likeness (QED) is 0.640. The van der Waals surface area contributed by atoms with Crippen molar-refractivity contribution in [2.75, 3.05) is 13.2 Å². The van der Waals surface area contributed by atoms with Gasteiger partial charge in [0.1, 0.15) is 18.7 Å². The van der Waals surface area contributed by atoms with Gasteiger partial charge in [0.2, 0.25) is 5.91 Å². The van der Waals surface area contributed by atoms with Crippen molar-refractivity contribution >= 4 is 23.9 Å². The van der Waals surface area contributed by atoms with Crippen molar-refractivity contribution < 1.29 is 33.8 Å². The molecule has 0 aromatic heterocycles. The predicted octanol–water partition coefficient (Wildman–Crippen LogP) is 1.31.